The van der Waals surface area contributed by atoms with Crippen molar-refractivity contribution in [3.8, 4) is 0 Å². The van der Waals surface area contributed by atoms with E-state index < -0.39 is 6.10 Å². The second-order valence-electron chi connectivity index (χ2n) is 6.01. The van der Waals surface area contributed by atoms with E-state index >= 15 is 0 Å². The normalized spacial score (nSPS) is 19.8. The van der Waals surface area contributed by atoms with Crippen molar-refractivity contribution in [3.05, 3.63) is 28.5 Å². The van der Waals surface area contributed by atoms with Crippen molar-refractivity contribution in [3.63, 3.8) is 0 Å². The van der Waals surface area contributed by atoms with Gasteiger partial charge in [0, 0.05) is 29.8 Å². The fraction of sp³-hybridized carbons (Fsp3) is 0.571. The first-order valence-corrected chi connectivity index (χ1v) is 6.80. The fourth-order valence-corrected chi connectivity index (χ4v) is 2.32. The fourth-order valence-electron chi connectivity index (χ4n) is 2.11. The molecular weight excluding hydrogens is 264 g/mol. The van der Waals surface area contributed by atoms with Crippen molar-refractivity contribution in [2.75, 3.05) is 13.1 Å². The molecule has 2 rings (SSSR count). The largest absolute Gasteiger partial charge is 0.391 e. The molecule has 1 amide bonds. The second-order valence-corrected chi connectivity index (χ2v) is 6.39. The van der Waals surface area contributed by atoms with Crippen LogP contribution in [0, 0.1) is 0 Å². The third-order valence-electron chi connectivity index (χ3n) is 3.26. The van der Waals surface area contributed by atoms with E-state index in [1.807, 2.05) is 20.8 Å². The Balaban J connectivity index is 2.29. The van der Waals surface area contributed by atoms with Crippen LogP contribution in [-0.2, 0) is 5.41 Å². The number of amides is 1. The van der Waals surface area contributed by atoms with Gasteiger partial charge in [-0.1, -0.05) is 32.4 Å². The average molecular weight is 283 g/mol. The summed E-state index contributed by atoms with van der Waals surface area (Å²) in [7, 11) is 0. The van der Waals surface area contributed by atoms with Crippen LogP contribution < -0.4 is 0 Å². The number of hydrogen-bond donors (Lipinski definition) is 1. The van der Waals surface area contributed by atoms with Crippen LogP contribution in [-0.4, -0.2) is 40.1 Å². The van der Waals surface area contributed by atoms with Gasteiger partial charge in [-0.25, -0.2) is 4.98 Å². The van der Waals surface area contributed by atoms with Crippen molar-refractivity contribution in [2.24, 2.45) is 0 Å². The Kier molecular flexibility index (Phi) is 3.83. The van der Waals surface area contributed by atoms with E-state index in [1.165, 1.54) is 0 Å². The number of rotatable bonds is 1. The quantitative estimate of drug-likeness (QED) is 0.804. The van der Waals surface area contributed by atoms with Gasteiger partial charge in [-0.2, -0.15) is 0 Å². The molecule has 1 aromatic rings. The van der Waals surface area contributed by atoms with Crippen LogP contribution in [0.1, 0.15) is 43.2 Å². The summed E-state index contributed by atoms with van der Waals surface area (Å²) in [6, 6.07) is 3.38. The first-order chi connectivity index (χ1) is 8.77. The van der Waals surface area contributed by atoms with Gasteiger partial charge in [-0.15, -0.1) is 0 Å². The van der Waals surface area contributed by atoms with Gasteiger partial charge in [-0.05, 0) is 18.6 Å². The lowest BCUT2D eigenvalue weighted by Gasteiger charge is -2.20. The molecule has 0 radical (unpaired) electrons. The highest BCUT2D eigenvalue weighted by atomic mass is 35.5. The smallest absolute Gasteiger partial charge is 0.254 e. The van der Waals surface area contributed by atoms with Crippen LogP contribution in [0.15, 0.2) is 12.1 Å². The van der Waals surface area contributed by atoms with E-state index in [0.29, 0.717) is 30.2 Å². The van der Waals surface area contributed by atoms with Gasteiger partial charge in [-0.3, -0.25) is 4.79 Å². The topological polar surface area (TPSA) is 53.4 Å². The predicted molar refractivity (Wildman–Crippen MR) is 74.5 cm³/mol. The molecule has 1 aliphatic rings. The van der Waals surface area contributed by atoms with E-state index in [2.05, 4.69) is 4.98 Å². The Morgan fingerprint density at radius 2 is 2.16 bits per heavy atom. The number of likely N-dealkylation sites (tertiary alicyclic amines) is 1. The summed E-state index contributed by atoms with van der Waals surface area (Å²) in [5.41, 5.74) is 1.17. The molecule has 0 bridgehead atoms. The SMILES string of the molecule is CC(C)(C)c1cc(C(=O)N2CC[C@H](O)C2)cc(Cl)n1. The maximum Gasteiger partial charge on any atom is 0.254 e. The predicted octanol–water partition coefficient (Wildman–Crippen LogP) is 2.24. The summed E-state index contributed by atoms with van der Waals surface area (Å²) in [5, 5.41) is 9.83. The van der Waals surface area contributed by atoms with E-state index in [4.69, 9.17) is 11.6 Å². The molecule has 1 aliphatic heterocycles. The molecule has 1 fully saturated rings. The molecule has 0 aromatic carbocycles. The minimum Gasteiger partial charge on any atom is -0.391 e. The zero-order valence-electron chi connectivity index (χ0n) is 11.5. The standard InChI is InChI=1S/C14H19ClN2O2/c1-14(2,3)11-6-9(7-12(15)16-11)13(19)17-5-4-10(18)8-17/h6-7,10,18H,4-5,8H2,1-3H3/t10-/m0/s1. The highest BCUT2D eigenvalue weighted by Crippen LogP contribution is 2.24. The Morgan fingerprint density at radius 1 is 1.47 bits per heavy atom. The van der Waals surface area contributed by atoms with Crippen molar-refractivity contribution in [1.29, 1.82) is 0 Å². The summed E-state index contributed by atoms with van der Waals surface area (Å²) in [5.74, 6) is -0.0913. The average Bonchev–Trinajstić information content (AvgIpc) is 2.73. The molecule has 1 N–H and O–H groups in total. The molecule has 104 valence electrons. The van der Waals surface area contributed by atoms with Crippen LogP contribution in [0.4, 0.5) is 0 Å². The summed E-state index contributed by atoms with van der Waals surface area (Å²) < 4.78 is 0. The van der Waals surface area contributed by atoms with E-state index in [1.54, 1.807) is 17.0 Å². The molecule has 1 saturated heterocycles. The highest BCUT2D eigenvalue weighted by molar-refractivity contribution is 6.29. The number of β-amino-alcohol motifs (C(OH)–C–C–N with tert-alkyl or cyclic N) is 1. The lowest BCUT2D eigenvalue weighted by atomic mass is 9.91. The van der Waals surface area contributed by atoms with Gasteiger partial charge in [0.05, 0.1) is 6.10 Å². The third kappa shape index (κ3) is 3.25. The van der Waals surface area contributed by atoms with Crippen LogP contribution in [0.5, 0.6) is 0 Å². The number of aliphatic hydroxyl groups is 1. The summed E-state index contributed by atoms with van der Waals surface area (Å²) in [6.45, 7) is 7.06. The van der Waals surface area contributed by atoms with Crippen LogP contribution in [0.3, 0.4) is 0 Å². The number of hydrogen-bond acceptors (Lipinski definition) is 3. The van der Waals surface area contributed by atoms with Crippen molar-refractivity contribution in [1.82, 2.24) is 9.88 Å². The number of nitrogens with zero attached hydrogens (tertiary/aromatic N) is 2. The van der Waals surface area contributed by atoms with Crippen LogP contribution in [0.2, 0.25) is 5.15 Å². The summed E-state index contributed by atoms with van der Waals surface area (Å²) in [4.78, 5) is 18.3. The maximum atomic E-state index is 12.4. The van der Waals surface area contributed by atoms with Gasteiger partial charge in [0.25, 0.3) is 5.91 Å². The molecule has 1 atom stereocenters. The summed E-state index contributed by atoms with van der Waals surface area (Å²) in [6.07, 6.45) is 0.222. The van der Waals surface area contributed by atoms with Crippen molar-refractivity contribution >= 4 is 17.5 Å². The first-order valence-electron chi connectivity index (χ1n) is 6.43. The number of aromatic nitrogens is 1. The van der Waals surface area contributed by atoms with Crippen molar-refractivity contribution in [2.45, 2.75) is 38.7 Å². The Labute approximate surface area is 118 Å². The van der Waals surface area contributed by atoms with Gasteiger partial charge >= 0.3 is 0 Å². The molecule has 4 nitrogen and oxygen atoms in total. The number of carbonyl (C=O) groups is 1. The van der Waals surface area contributed by atoms with E-state index in [9.17, 15) is 9.90 Å². The molecule has 0 spiro atoms. The van der Waals surface area contributed by atoms with Crippen LogP contribution >= 0.6 is 11.6 Å². The Morgan fingerprint density at radius 3 is 2.68 bits per heavy atom. The van der Waals surface area contributed by atoms with Gasteiger partial charge in [0.15, 0.2) is 0 Å². The number of pyridine rings is 1. The lowest BCUT2D eigenvalue weighted by Crippen LogP contribution is -2.30. The van der Waals surface area contributed by atoms with Crippen molar-refractivity contribution < 1.29 is 9.90 Å². The van der Waals surface area contributed by atoms with Crippen LogP contribution in [0.25, 0.3) is 0 Å². The number of halogens is 1. The van der Waals surface area contributed by atoms with E-state index in [-0.39, 0.29) is 11.3 Å². The first kappa shape index (κ1) is 14.3. The molecule has 19 heavy (non-hydrogen) atoms. The number of aliphatic hydroxyl groups excluding tert-OH is 1. The minimum atomic E-state index is -0.414. The lowest BCUT2D eigenvalue weighted by molar-refractivity contribution is 0.0764. The molecule has 2 heterocycles. The molecule has 0 aliphatic carbocycles. The Bertz CT molecular complexity index is 497. The summed E-state index contributed by atoms with van der Waals surface area (Å²) >= 11 is 6.00. The van der Waals surface area contributed by atoms with Gasteiger partial charge < -0.3 is 10.0 Å². The minimum absolute atomic E-state index is 0.0913. The van der Waals surface area contributed by atoms with Gasteiger partial charge in [0.2, 0.25) is 0 Å². The number of carbonyl (C=O) groups excluding carboxylic acids is 1. The monoisotopic (exact) mass is 282 g/mol. The molecule has 1 aromatic heterocycles. The van der Waals surface area contributed by atoms with E-state index in [0.717, 1.165) is 5.69 Å². The maximum absolute atomic E-state index is 12.4. The molecule has 5 heteroatoms. The molecule has 0 unspecified atom stereocenters. The van der Waals surface area contributed by atoms with Gasteiger partial charge in [0.1, 0.15) is 5.15 Å². The third-order valence-corrected chi connectivity index (χ3v) is 3.45. The Hall–Kier alpha value is -1.13. The highest BCUT2D eigenvalue weighted by Gasteiger charge is 2.27. The molecular formula is C14H19ClN2O2. The molecule has 0 saturated carbocycles. The zero-order chi connectivity index (χ0) is 14.2. The zero-order valence-corrected chi connectivity index (χ0v) is 12.2. The second kappa shape index (κ2) is 5.10.